The maximum Gasteiger partial charge on any atom is 0.274 e. The zero-order chi connectivity index (χ0) is 14.1. The zero-order valence-corrected chi connectivity index (χ0v) is 10.4. The highest BCUT2D eigenvalue weighted by Gasteiger charge is 2.12. The monoisotopic (exact) mass is 270 g/mol. The number of aromatic nitrogens is 5. The van der Waals surface area contributed by atoms with Crippen LogP contribution in [0.3, 0.4) is 0 Å². The molecule has 2 heterocycles. The quantitative estimate of drug-likeness (QED) is 0.409. The third-order valence-electron chi connectivity index (χ3n) is 2.83. The molecule has 0 atom stereocenters. The number of fused-ring (bicyclic) bond motifs is 1. The van der Waals surface area contributed by atoms with Crippen LogP contribution in [0.1, 0.15) is 0 Å². The molecule has 8 heteroatoms. The number of tetrazole rings is 1. The van der Waals surface area contributed by atoms with Crippen molar-refractivity contribution in [2.24, 2.45) is 0 Å². The van der Waals surface area contributed by atoms with Gasteiger partial charge in [-0.25, -0.2) is 0 Å². The van der Waals surface area contributed by atoms with E-state index in [1.807, 2.05) is 0 Å². The largest absolute Gasteiger partial charge is 0.283 e. The molecule has 3 rings (SSSR count). The Bertz CT molecular complexity index is 803. The Labute approximate surface area is 113 Å². The van der Waals surface area contributed by atoms with E-state index in [1.54, 1.807) is 29.0 Å². The third kappa shape index (κ3) is 1.92. The van der Waals surface area contributed by atoms with Gasteiger partial charge >= 0.3 is 0 Å². The molecule has 8 nitrogen and oxygen atoms in total. The molecule has 0 aliphatic carbocycles. The fourth-order valence-corrected chi connectivity index (χ4v) is 1.94. The molecule has 0 unspecified atom stereocenters. The molecule has 0 spiro atoms. The molecule has 0 amide bonds. The van der Waals surface area contributed by atoms with Gasteiger partial charge in [-0.05, 0) is 17.3 Å². The van der Waals surface area contributed by atoms with E-state index >= 15 is 0 Å². The van der Waals surface area contributed by atoms with Crippen LogP contribution in [-0.2, 0) is 6.54 Å². The van der Waals surface area contributed by atoms with Gasteiger partial charge in [-0.2, -0.15) is 4.80 Å². The number of nitrogens with zero attached hydrogens (tertiary/aromatic N) is 6. The summed E-state index contributed by atoms with van der Waals surface area (Å²) in [4.78, 5) is 11.7. The number of rotatable bonds is 4. The van der Waals surface area contributed by atoms with E-state index in [9.17, 15) is 10.1 Å². The minimum Gasteiger partial charge on any atom is -0.283 e. The number of allylic oxidation sites excluding steroid dienone is 1. The Kier molecular flexibility index (Phi) is 2.75. The second-order valence-electron chi connectivity index (χ2n) is 4.12. The molecule has 0 saturated heterocycles. The Hall–Kier alpha value is -3.03. The predicted molar refractivity (Wildman–Crippen MR) is 71.5 cm³/mol. The first kappa shape index (κ1) is 12.0. The molecular weight excluding hydrogens is 260 g/mol. The molecule has 0 N–H and O–H groups in total. The molecule has 0 aliphatic heterocycles. The van der Waals surface area contributed by atoms with Crippen molar-refractivity contribution in [3.8, 4) is 5.95 Å². The third-order valence-corrected chi connectivity index (χ3v) is 2.83. The van der Waals surface area contributed by atoms with Gasteiger partial charge in [0.15, 0.2) is 0 Å². The Balaban J connectivity index is 2.07. The average Bonchev–Trinajstić information content (AvgIpc) is 3.04. The Morgan fingerprint density at radius 1 is 1.40 bits per heavy atom. The minimum absolute atomic E-state index is 0.0542. The summed E-state index contributed by atoms with van der Waals surface area (Å²) in [6, 6.07) is 6.41. The summed E-state index contributed by atoms with van der Waals surface area (Å²) in [7, 11) is 0. The lowest BCUT2D eigenvalue weighted by atomic mass is 10.2. The molecule has 20 heavy (non-hydrogen) atoms. The summed E-state index contributed by atoms with van der Waals surface area (Å²) >= 11 is 0. The van der Waals surface area contributed by atoms with E-state index < -0.39 is 4.92 Å². The SMILES string of the molecule is C=CCn1nnc(-n2ccc3cc([N+](=O)[O-])ccc32)n1. The highest BCUT2D eigenvalue weighted by Crippen LogP contribution is 2.23. The van der Waals surface area contributed by atoms with Crippen LogP contribution in [0.2, 0.25) is 0 Å². The lowest BCUT2D eigenvalue weighted by Gasteiger charge is -1.98. The second-order valence-corrected chi connectivity index (χ2v) is 4.12. The van der Waals surface area contributed by atoms with Crippen LogP contribution in [-0.4, -0.2) is 29.7 Å². The molecule has 2 aromatic heterocycles. The molecule has 0 bridgehead atoms. The number of benzene rings is 1. The van der Waals surface area contributed by atoms with E-state index in [1.165, 1.54) is 16.9 Å². The van der Waals surface area contributed by atoms with Gasteiger partial charge in [-0.15, -0.1) is 11.7 Å². The lowest BCUT2D eigenvalue weighted by molar-refractivity contribution is -0.384. The molecule has 0 radical (unpaired) electrons. The van der Waals surface area contributed by atoms with Crippen molar-refractivity contribution in [2.75, 3.05) is 0 Å². The van der Waals surface area contributed by atoms with Crippen molar-refractivity contribution in [1.82, 2.24) is 24.8 Å². The first-order valence-electron chi connectivity index (χ1n) is 5.83. The normalized spacial score (nSPS) is 10.8. The van der Waals surface area contributed by atoms with Crippen molar-refractivity contribution in [1.29, 1.82) is 0 Å². The second kappa shape index (κ2) is 4.57. The number of nitro benzene ring substituents is 1. The average molecular weight is 270 g/mol. The van der Waals surface area contributed by atoms with Crippen molar-refractivity contribution in [3.05, 3.63) is 53.2 Å². The maximum atomic E-state index is 10.7. The van der Waals surface area contributed by atoms with Crippen LogP contribution in [0.15, 0.2) is 43.1 Å². The zero-order valence-electron chi connectivity index (χ0n) is 10.4. The Morgan fingerprint density at radius 3 is 3.00 bits per heavy atom. The van der Waals surface area contributed by atoms with Gasteiger partial charge in [0.25, 0.3) is 11.6 Å². The van der Waals surface area contributed by atoms with Gasteiger partial charge in [-0.1, -0.05) is 11.2 Å². The van der Waals surface area contributed by atoms with Gasteiger partial charge in [0.2, 0.25) is 0 Å². The summed E-state index contributed by atoms with van der Waals surface area (Å²) in [5.41, 5.74) is 0.840. The smallest absolute Gasteiger partial charge is 0.274 e. The molecule has 3 aromatic rings. The number of non-ortho nitro benzene ring substituents is 1. The maximum absolute atomic E-state index is 10.7. The van der Waals surface area contributed by atoms with Crippen LogP contribution in [0.4, 0.5) is 5.69 Å². The summed E-state index contributed by atoms with van der Waals surface area (Å²) in [5, 5.41) is 23.5. The van der Waals surface area contributed by atoms with E-state index in [0.717, 1.165) is 10.9 Å². The molecule has 0 aliphatic rings. The molecule has 100 valence electrons. The standard InChI is InChI=1S/C12H10N6O2/c1-2-6-17-14-12(13-15-17)16-7-5-9-8-10(18(19)20)3-4-11(9)16/h2-5,7-8H,1,6H2. The van der Waals surface area contributed by atoms with Crippen LogP contribution in [0.25, 0.3) is 16.9 Å². The van der Waals surface area contributed by atoms with Gasteiger partial charge < -0.3 is 0 Å². The van der Waals surface area contributed by atoms with Crippen LogP contribution in [0, 0.1) is 10.1 Å². The number of hydrogen-bond acceptors (Lipinski definition) is 5. The Morgan fingerprint density at radius 2 is 2.25 bits per heavy atom. The summed E-state index contributed by atoms with van der Waals surface area (Å²) in [5.74, 6) is 0.413. The van der Waals surface area contributed by atoms with Crippen molar-refractivity contribution in [3.63, 3.8) is 0 Å². The first-order valence-corrected chi connectivity index (χ1v) is 5.83. The summed E-state index contributed by atoms with van der Waals surface area (Å²) in [6.45, 7) is 4.07. The van der Waals surface area contributed by atoms with Gasteiger partial charge in [0, 0.05) is 23.7 Å². The summed E-state index contributed by atoms with van der Waals surface area (Å²) < 4.78 is 1.73. The highest BCUT2D eigenvalue weighted by molar-refractivity contribution is 5.83. The van der Waals surface area contributed by atoms with Crippen molar-refractivity contribution < 1.29 is 4.92 Å². The minimum atomic E-state index is -0.421. The number of hydrogen-bond donors (Lipinski definition) is 0. The predicted octanol–water partition coefficient (Wildman–Crippen LogP) is 1.71. The first-order chi connectivity index (χ1) is 9.69. The van der Waals surface area contributed by atoms with Gasteiger partial charge in [0.1, 0.15) is 0 Å². The van der Waals surface area contributed by atoms with Crippen LogP contribution < -0.4 is 0 Å². The van der Waals surface area contributed by atoms with E-state index in [-0.39, 0.29) is 5.69 Å². The van der Waals surface area contributed by atoms with Gasteiger partial charge in [-0.3, -0.25) is 14.7 Å². The van der Waals surface area contributed by atoms with Crippen molar-refractivity contribution >= 4 is 16.6 Å². The fraction of sp³-hybridized carbons (Fsp3) is 0.0833. The van der Waals surface area contributed by atoms with Crippen LogP contribution in [0.5, 0.6) is 0 Å². The fourth-order valence-electron chi connectivity index (χ4n) is 1.94. The van der Waals surface area contributed by atoms with E-state index in [0.29, 0.717) is 12.5 Å². The molecule has 1 aromatic carbocycles. The topological polar surface area (TPSA) is 91.7 Å². The number of nitro groups is 1. The van der Waals surface area contributed by atoms with Crippen molar-refractivity contribution in [2.45, 2.75) is 6.54 Å². The molecular formula is C12H10N6O2. The molecule has 0 saturated carbocycles. The van der Waals surface area contributed by atoms with Gasteiger partial charge in [0.05, 0.1) is 17.0 Å². The lowest BCUT2D eigenvalue weighted by Crippen LogP contribution is -2.01. The van der Waals surface area contributed by atoms with E-state index in [4.69, 9.17) is 0 Å². The summed E-state index contributed by atoms with van der Waals surface area (Å²) in [6.07, 6.45) is 3.42. The highest BCUT2D eigenvalue weighted by atomic mass is 16.6. The molecule has 0 fully saturated rings. The van der Waals surface area contributed by atoms with Crippen LogP contribution >= 0.6 is 0 Å². The van der Waals surface area contributed by atoms with E-state index in [2.05, 4.69) is 22.0 Å².